The van der Waals surface area contributed by atoms with Gasteiger partial charge in [-0.05, 0) is 56.9 Å². The molecule has 3 N–H and O–H groups in total. The fourth-order valence-corrected chi connectivity index (χ4v) is 3.49. The summed E-state index contributed by atoms with van der Waals surface area (Å²) in [5.41, 5.74) is -2.93. The molecule has 3 atom stereocenters. The maximum Gasteiger partial charge on any atom is 0.257 e. The molecule has 0 aliphatic rings. The largest absolute Gasteiger partial charge is 0.493 e. The van der Waals surface area contributed by atoms with Crippen LogP contribution in [0.2, 0.25) is 0 Å². The Hall–Kier alpha value is -2.44. The molecule has 0 spiro atoms. The van der Waals surface area contributed by atoms with Crippen molar-refractivity contribution >= 4 is 5.91 Å². The summed E-state index contributed by atoms with van der Waals surface area (Å²) in [6, 6.07) is 11.9. The van der Waals surface area contributed by atoms with Gasteiger partial charge >= 0.3 is 0 Å². The van der Waals surface area contributed by atoms with Gasteiger partial charge in [-0.25, -0.2) is 4.39 Å². The molecule has 0 aliphatic carbocycles. The standard InChI is InChI=1S/C25H34FNO4/c1-6-9-17(2)16-31-19-14-12-18(13-15-19)22(24(3,4)29)27-23(28)25(5,30)20-10-7-8-11-21(20)26/h7-8,10-15,17,22,29-30H,6,9,16H2,1-5H3,(H,27,28)/t17?,22-,25+/m1/s1. The number of hydrogen-bond acceptors (Lipinski definition) is 4. The van der Waals surface area contributed by atoms with Crippen LogP contribution >= 0.6 is 0 Å². The molecule has 170 valence electrons. The number of carbonyl (C=O) groups is 1. The number of aliphatic hydroxyl groups is 2. The predicted octanol–water partition coefficient (Wildman–Crippen LogP) is 4.48. The lowest BCUT2D eigenvalue weighted by molar-refractivity contribution is -0.142. The van der Waals surface area contributed by atoms with Crippen LogP contribution in [0, 0.1) is 11.7 Å². The molecule has 2 aromatic carbocycles. The fourth-order valence-electron chi connectivity index (χ4n) is 3.49. The van der Waals surface area contributed by atoms with E-state index in [1.54, 1.807) is 44.2 Å². The number of benzene rings is 2. The average molecular weight is 432 g/mol. The van der Waals surface area contributed by atoms with Gasteiger partial charge in [0, 0.05) is 5.56 Å². The Bertz CT molecular complexity index is 859. The first-order valence-corrected chi connectivity index (χ1v) is 10.7. The van der Waals surface area contributed by atoms with E-state index in [0.29, 0.717) is 23.8 Å². The molecule has 1 amide bonds. The third-order valence-electron chi connectivity index (χ3n) is 5.35. The number of ether oxygens (including phenoxy) is 1. The van der Waals surface area contributed by atoms with Crippen molar-refractivity contribution < 1.29 is 24.1 Å². The zero-order valence-corrected chi connectivity index (χ0v) is 19.0. The molecule has 1 unspecified atom stereocenters. The quantitative estimate of drug-likeness (QED) is 0.518. The van der Waals surface area contributed by atoms with Gasteiger partial charge in [-0.15, -0.1) is 0 Å². The van der Waals surface area contributed by atoms with Gasteiger partial charge in [0.25, 0.3) is 5.91 Å². The highest BCUT2D eigenvalue weighted by molar-refractivity contribution is 5.86. The highest BCUT2D eigenvalue weighted by Gasteiger charge is 2.39. The van der Waals surface area contributed by atoms with Crippen LogP contribution in [-0.4, -0.2) is 28.3 Å². The highest BCUT2D eigenvalue weighted by atomic mass is 19.1. The number of hydrogen-bond donors (Lipinski definition) is 3. The molecule has 31 heavy (non-hydrogen) atoms. The summed E-state index contributed by atoms with van der Waals surface area (Å²) in [7, 11) is 0. The van der Waals surface area contributed by atoms with E-state index in [4.69, 9.17) is 4.74 Å². The summed E-state index contributed by atoms with van der Waals surface area (Å²) >= 11 is 0. The molecular formula is C25H34FNO4. The van der Waals surface area contributed by atoms with Gasteiger partial charge in [-0.3, -0.25) is 4.79 Å². The van der Waals surface area contributed by atoms with E-state index in [2.05, 4.69) is 19.2 Å². The first kappa shape index (κ1) is 24.8. The molecule has 6 heteroatoms. The predicted molar refractivity (Wildman–Crippen MR) is 119 cm³/mol. The highest BCUT2D eigenvalue weighted by Crippen LogP contribution is 2.30. The van der Waals surface area contributed by atoms with Crippen molar-refractivity contribution in [2.45, 2.75) is 64.7 Å². The van der Waals surface area contributed by atoms with Crippen molar-refractivity contribution in [2.24, 2.45) is 5.92 Å². The molecule has 2 aromatic rings. The number of rotatable bonds is 10. The molecule has 0 heterocycles. The monoisotopic (exact) mass is 431 g/mol. The van der Waals surface area contributed by atoms with Crippen molar-refractivity contribution in [1.82, 2.24) is 5.32 Å². The summed E-state index contributed by atoms with van der Waals surface area (Å²) < 4.78 is 20.0. The lowest BCUT2D eigenvalue weighted by Gasteiger charge is -2.33. The second kappa shape index (κ2) is 10.2. The van der Waals surface area contributed by atoms with Crippen molar-refractivity contribution in [3.05, 3.63) is 65.5 Å². The summed E-state index contributed by atoms with van der Waals surface area (Å²) in [6.07, 6.45) is 2.19. The maximum absolute atomic E-state index is 14.2. The Morgan fingerprint density at radius 3 is 2.26 bits per heavy atom. The summed E-state index contributed by atoms with van der Waals surface area (Å²) in [5.74, 6) is -0.334. The molecule has 0 saturated heterocycles. The first-order chi connectivity index (χ1) is 14.5. The van der Waals surface area contributed by atoms with Gasteiger partial charge in [-0.2, -0.15) is 0 Å². The van der Waals surface area contributed by atoms with E-state index in [-0.39, 0.29) is 5.56 Å². The fraction of sp³-hybridized carbons (Fsp3) is 0.480. The zero-order valence-electron chi connectivity index (χ0n) is 19.0. The molecule has 0 aliphatic heterocycles. The Morgan fingerprint density at radius 2 is 1.71 bits per heavy atom. The first-order valence-electron chi connectivity index (χ1n) is 10.7. The van der Waals surface area contributed by atoms with Gasteiger partial charge in [-0.1, -0.05) is 50.6 Å². The summed E-state index contributed by atoms with van der Waals surface area (Å²) in [6.45, 7) is 9.25. The van der Waals surface area contributed by atoms with E-state index in [9.17, 15) is 19.4 Å². The smallest absolute Gasteiger partial charge is 0.257 e. The Morgan fingerprint density at radius 1 is 1.10 bits per heavy atom. The van der Waals surface area contributed by atoms with Crippen molar-refractivity contribution in [3.63, 3.8) is 0 Å². The van der Waals surface area contributed by atoms with Gasteiger partial charge in [0.05, 0.1) is 18.2 Å². The van der Waals surface area contributed by atoms with Crippen LogP contribution in [0.4, 0.5) is 4.39 Å². The minimum Gasteiger partial charge on any atom is -0.493 e. The lowest BCUT2D eigenvalue weighted by atomic mass is 9.89. The third kappa shape index (κ3) is 6.52. The van der Waals surface area contributed by atoms with Gasteiger partial charge in [0.15, 0.2) is 5.60 Å². The van der Waals surface area contributed by atoms with E-state index in [1.807, 2.05) is 0 Å². The zero-order chi connectivity index (χ0) is 23.2. The maximum atomic E-state index is 14.2. The van der Waals surface area contributed by atoms with E-state index in [1.165, 1.54) is 25.1 Å². The second-order valence-corrected chi connectivity index (χ2v) is 8.89. The molecule has 0 bridgehead atoms. The van der Waals surface area contributed by atoms with Crippen LogP contribution in [0.15, 0.2) is 48.5 Å². The van der Waals surface area contributed by atoms with Crippen molar-refractivity contribution in [3.8, 4) is 5.75 Å². The minimum atomic E-state index is -2.10. The molecule has 0 aromatic heterocycles. The van der Waals surface area contributed by atoms with E-state index in [0.717, 1.165) is 12.8 Å². The lowest BCUT2D eigenvalue weighted by Crippen LogP contribution is -2.49. The van der Waals surface area contributed by atoms with E-state index >= 15 is 0 Å². The Balaban J connectivity index is 2.19. The Kier molecular flexibility index (Phi) is 8.21. The number of amides is 1. The van der Waals surface area contributed by atoms with Gasteiger partial charge < -0.3 is 20.3 Å². The van der Waals surface area contributed by atoms with Crippen LogP contribution in [0.3, 0.4) is 0 Å². The van der Waals surface area contributed by atoms with Crippen molar-refractivity contribution in [2.75, 3.05) is 6.61 Å². The van der Waals surface area contributed by atoms with E-state index < -0.39 is 29.0 Å². The minimum absolute atomic E-state index is 0.132. The Labute approximate surface area is 184 Å². The normalized spacial score (nSPS) is 15.6. The van der Waals surface area contributed by atoms with Gasteiger partial charge in [0.2, 0.25) is 0 Å². The van der Waals surface area contributed by atoms with Crippen LogP contribution in [0.1, 0.15) is 64.6 Å². The van der Waals surface area contributed by atoms with Crippen molar-refractivity contribution in [1.29, 1.82) is 0 Å². The molecule has 0 saturated carbocycles. The molecule has 0 fully saturated rings. The molecule has 2 rings (SSSR count). The third-order valence-corrected chi connectivity index (χ3v) is 5.35. The van der Waals surface area contributed by atoms with Crippen LogP contribution in [0.5, 0.6) is 5.75 Å². The molecule has 5 nitrogen and oxygen atoms in total. The molecular weight excluding hydrogens is 397 g/mol. The van der Waals surface area contributed by atoms with Gasteiger partial charge in [0.1, 0.15) is 11.6 Å². The number of carbonyl (C=O) groups excluding carboxylic acids is 1. The van der Waals surface area contributed by atoms with Crippen LogP contribution in [-0.2, 0) is 10.4 Å². The second-order valence-electron chi connectivity index (χ2n) is 8.89. The molecule has 0 radical (unpaired) electrons. The summed E-state index contributed by atoms with van der Waals surface area (Å²) in [4.78, 5) is 12.9. The topological polar surface area (TPSA) is 78.8 Å². The number of halogens is 1. The van der Waals surface area contributed by atoms with Crippen LogP contribution in [0.25, 0.3) is 0 Å². The van der Waals surface area contributed by atoms with Crippen LogP contribution < -0.4 is 10.1 Å². The SMILES string of the molecule is CCCC(C)COc1ccc([C@@H](NC(=O)[C@@](C)(O)c2ccccc2F)C(C)(C)O)cc1. The summed E-state index contributed by atoms with van der Waals surface area (Å²) in [5, 5.41) is 24.1. The average Bonchev–Trinajstić information content (AvgIpc) is 2.70. The number of nitrogens with one attached hydrogen (secondary N) is 1.